The number of nitriles is 1. The Morgan fingerprint density at radius 2 is 2.24 bits per heavy atom. The van der Waals surface area contributed by atoms with Gasteiger partial charge in [0.15, 0.2) is 0 Å². The molecule has 0 radical (unpaired) electrons. The zero-order chi connectivity index (χ0) is 12.9. The van der Waals surface area contributed by atoms with E-state index < -0.39 is 0 Å². The van der Waals surface area contributed by atoms with Gasteiger partial charge < -0.3 is 4.57 Å². The van der Waals surface area contributed by atoms with Gasteiger partial charge in [-0.15, -0.1) is 0 Å². The molecular formula is C13H22N4. The van der Waals surface area contributed by atoms with Crippen LogP contribution in [-0.2, 0) is 13.6 Å². The van der Waals surface area contributed by atoms with E-state index in [1.165, 1.54) is 0 Å². The molecule has 17 heavy (non-hydrogen) atoms. The maximum atomic E-state index is 8.93. The van der Waals surface area contributed by atoms with Crippen LogP contribution < -0.4 is 0 Å². The first-order chi connectivity index (χ1) is 7.94. The summed E-state index contributed by atoms with van der Waals surface area (Å²) in [5.41, 5.74) is -0.204. The fourth-order valence-electron chi connectivity index (χ4n) is 1.72. The summed E-state index contributed by atoms with van der Waals surface area (Å²) in [6, 6.07) is 2.33. The van der Waals surface area contributed by atoms with E-state index in [1.807, 2.05) is 37.9 Å². The molecule has 0 N–H and O–H groups in total. The lowest BCUT2D eigenvalue weighted by Crippen LogP contribution is -2.22. The van der Waals surface area contributed by atoms with Crippen LogP contribution >= 0.6 is 0 Å². The summed E-state index contributed by atoms with van der Waals surface area (Å²) in [4.78, 5) is 6.54. The third-order valence-corrected chi connectivity index (χ3v) is 2.98. The van der Waals surface area contributed by atoms with Gasteiger partial charge in [-0.2, -0.15) is 5.26 Å². The molecule has 4 nitrogen and oxygen atoms in total. The van der Waals surface area contributed by atoms with Crippen molar-refractivity contribution in [1.82, 2.24) is 14.5 Å². The van der Waals surface area contributed by atoms with Crippen LogP contribution in [0.5, 0.6) is 0 Å². The minimum absolute atomic E-state index is 0.204. The second-order valence-corrected chi connectivity index (χ2v) is 5.29. The van der Waals surface area contributed by atoms with Crippen LogP contribution in [0, 0.1) is 16.7 Å². The van der Waals surface area contributed by atoms with Crippen molar-refractivity contribution in [2.45, 2.75) is 33.2 Å². The fraction of sp³-hybridized carbons (Fsp3) is 0.692. The second-order valence-electron chi connectivity index (χ2n) is 5.29. The van der Waals surface area contributed by atoms with Crippen molar-refractivity contribution in [3.8, 4) is 6.07 Å². The highest BCUT2D eigenvalue weighted by Crippen LogP contribution is 2.20. The van der Waals surface area contributed by atoms with E-state index in [2.05, 4.69) is 23.0 Å². The highest BCUT2D eigenvalue weighted by atomic mass is 15.1. The van der Waals surface area contributed by atoms with Crippen molar-refractivity contribution in [3.05, 3.63) is 18.2 Å². The van der Waals surface area contributed by atoms with Gasteiger partial charge in [0.2, 0.25) is 0 Å². The molecule has 0 aliphatic carbocycles. The number of aromatic nitrogens is 2. The van der Waals surface area contributed by atoms with Crippen LogP contribution in [0.15, 0.2) is 12.4 Å². The van der Waals surface area contributed by atoms with E-state index in [0.717, 1.165) is 31.8 Å². The van der Waals surface area contributed by atoms with Crippen LogP contribution in [0.2, 0.25) is 0 Å². The van der Waals surface area contributed by atoms with Gasteiger partial charge in [-0.25, -0.2) is 4.98 Å². The molecule has 0 aromatic carbocycles. The molecule has 94 valence electrons. The van der Waals surface area contributed by atoms with Crippen LogP contribution in [-0.4, -0.2) is 28.0 Å². The molecular weight excluding hydrogens is 212 g/mol. The van der Waals surface area contributed by atoms with Crippen molar-refractivity contribution >= 4 is 0 Å². The molecule has 4 heteroatoms. The standard InChI is InChI=1S/C13H22N4/c1-13(2,11-14)6-5-8-16(3)10-12-15-7-9-17(12)4/h7,9H,5-6,8,10H2,1-4H3. The Balaban J connectivity index is 2.30. The molecule has 0 fully saturated rings. The number of nitrogens with zero attached hydrogens (tertiary/aromatic N) is 4. The molecule has 0 saturated heterocycles. The maximum absolute atomic E-state index is 8.93. The van der Waals surface area contributed by atoms with Gasteiger partial charge in [-0.1, -0.05) is 0 Å². The first kappa shape index (κ1) is 13.7. The minimum atomic E-state index is -0.204. The maximum Gasteiger partial charge on any atom is 0.122 e. The lowest BCUT2D eigenvalue weighted by Gasteiger charge is -2.19. The SMILES string of the molecule is CN(CCCC(C)(C)C#N)Cc1nccn1C. The van der Waals surface area contributed by atoms with Gasteiger partial charge in [0.05, 0.1) is 18.0 Å². The number of hydrogen-bond donors (Lipinski definition) is 0. The molecule has 0 bridgehead atoms. The van der Waals surface area contributed by atoms with E-state index in [-0.39, 0.29) is 5.41 Å². The lowest BCUT2D eigenvalue weighted by atomic mass is 9.90. The Morgan fingerprint density at radius 3 is 2.76 bits per heavy atom. The number of hydrogen-bond acceptors (Lipinski definition) is 3. The van der Waals surface area contributed by atoms with Gasteiger partial charge in [-0.3, -0.25) is 4.90 Å². The third-order valence-electron chi connectivity index (χ3n) is 2.98. The average Bonchev–Trinajstić information content (AvgIpc) is 2.64. The molecule has 1 aromatic heterocycles. The molecule has 0 amide bonds. The van der Waals surface area contributed by atoms with Crippen molar-refractivity contribution in [3.63, 3.8) is 0 Å². The second kappa shape index (κ2) is 5.83. The summed E-state index contributed by atoms with van der Waals surface area (Å²) in [6.45, 7) is 5.84. The zero-order valence-corrected chi connectivity index (χ0v) is 11.3. The fourth-order valence-corrected chi connectivity index (χ4v) is 1.72. The van der Waals surface area contributed by atoms with E-state index in [1.54, 1.807) is 0 Å². The Morgan fingerprint density at radius 1 is 1.53 bits per heavy atom. The van der Waals surface area contributed by atoms with Gasteiger partial charge in [-0.05, 0) is 40.3 Å². The smallest absolute Gasteiger partial charge is 0.122 e. The monoisotopic (exact) mass is 234 g/mol. The number of rotatable bonds is 6. The molecule has 0 saturated carbocycles. The van der Waals surface area contributed by atoms with Crippen molar-refractivity contribution in [1.29, 1.82) is 5.26 Å². The highest BCUT2D eigenvalue weighted by Gasteiger charge is 2.16. The van der Waals surface area contributed by atoms with Crippen molar-refractivity contribution in [2.75, 3.05) is 13.6 Å². The summed E-state index contributed by atoms with van der Waals surface area (Å²) in [5.74, 6) is 1.08. The van der Waals surface area contributed by atoms with E-state index >= 15 is 0 Å². The summed E-state index contributed by atoms with van der Waals surface area (Å²) in [5, 5.41) is 8.93. The Labute approximate surface area is 104 Å². The van der Waals surface area contributed by atoms with E-state index in [0.29, 0.717) is 0 Å². The minimum Gasteiger partial charge on any atom is -0.337 e. The van der Waals surface area contributed by atoms with Crippen LogP contribution in [0.25, 0.3) is 0 Å². The predicted molar refractivity (Wildman–Crippen MR) is 68.2 cm³/mol. The molecule has 1 rings (SSSR count). The Kier molecular flexibility index (Phi) is 4.71. The first-order valence-corrected chi connectivity index (χ1v) is 6.00. The largest absolute Gasteiger partial charge is 0.337 e. The zero-order valence-electron chi connectivity index (χ0n) is 11.3. The van der Waals surface area contributed by atoms with Gasteiger partial charge in [0.1, 0.15) is 5.82 Å². The topological polar surface area (TPSA) is 44.9 Å². The molecule has 1 aromatic rings. The first-order valence-electron chi connectivity index (χ1n) is 6.00. The third kappa shape index (κ3) is 4.58. The van der Waals surface area contributed by atoms with Crippen molar-refractivity contribution in [2.24, 2.45) is 12.5 Å². The molecule has 0 spiro atoms. The van der Waals surface area contributed by atoms with Gasteiger partial charge in [0, 0.05) is 19.4 Å². The molecule has 0 aliphatic rings. The lowest BCUT2D eigenvalue weighted by molar-refractivity contribution is 0.289. The van der Waals surface area contributed by atoms with Gasteiger partial charge in [0.25, 0.3) is 0 Å². The summed E-state index contributed by atoms with van der Waals surface area (Å²) >= 11 is 0. The quantitative estimate of drug-likeness (QED) is 0.758. The highest BCUT2D eigenvalue weighted by molar-refractivity contribution is 4.92. The molecule has 0 aliphatic heterocycles. The van der Waals surface area contributed by atoms with Crippen LogP contribution in [0.3, 0.4) is 0 Å². The van der Waals surface area contributed by atoms with E-state index in [9.17, 15) is 0 Å². The van der Waals surface area contributed by atoms with Crippen LogP contribution in [0.4, 0.5) is 0 Å². The summed E-state index contributed by atoms with van der Waals surface area (Å²) in [6.07, 6.45) is 5.76. The molecule has 0 unspecified atom stereocenters. The van der Waals surface area contributed by atoms with Crippen LogP contribution in [0.1, 0.15) is 32.5 Å². The van der Waals surface area contributed by atoms with Gasteiger partial charge >= 0.3 is 0 Å². The number of aryl methyl sites for hydroxylation is 1. The number of imidazole rings is 1. The molecule has 0 atom stereocenters. The normalized spacial score (nSPS) is 11.8. The summed E-state index contributed by atoms with van der Waals surface area (Å²) in [7, 11) is 4.10. The average molecular weight is 234 g/mol. The molecule has 1 heterocycles. The predicted octanol–water partition coefficient (Wildman–Crippen LogP) is 2.18. The van der Waals surface area contributed by atoms with E-state index in [4.69, 9.17) is 5.26 Å². The Bertz CT molecular complexity index is 386. The summed E-state index contributed by atoms with van der Waals surface area (Å²) < 4.78 is 2.04. The van der Waals surface area contributed by atoms with Crippen molar-refractivity contribution < 1.29 is 0 Å². The Hall–Kier alpha value is -1.34.